The maximum Gasteiger partial charge on any atom is 0.243 e. The summed E-state index contributed by atoms with van der Waals surface area (Å²) in [7, 11) is -3.82. The van der Waals surface area contributed by atoms with Crippen molar-refractivity contribution in [2.24, 2.45) is 0 Å². The zero-order chi connectivity index (χ0) is 24.3. The third kappa shape index (κ3) is 5.28. The lowest BCUT2D eigenvalue weighted by Crippen LogP contribution is -2.49. The Morgan fingerprint density at radius 2 is 1.71 bits per heavy atom. The fourth-order valence-corrected chi connectivity index (χ4v) is 5.17. The number of halogens is 1. The van der Waals surface area contributed by atoms with Crippen molar-refractivity contribution < 1.29 is 17.5 Å². The Morgan fingerprint density at radius 1 is 1.00 bits per heavy atom. The molecule has 10 heteroatoms. The van der Waals surface area contributed by atoms with Gasteiger partial charge in [0.1, 0.15) is 5.82 Å². The molecule has 3 aromatic rings. The number of piperazine rings is 1. The number of anilines is 3. The van der Waals surface area contributed by atoms with E-state index in [1.807, 2.05) is 49.1 Å². The van der Waals surface area contributed by atoms with Crippen LogP contribution in [0.2, 0.25) is 0 Å². The minimum atomic E-state index is -3.82. The van der Waals surface area contributed by atoms with Crippen LogP contribution < -0.4 is 15.0 Å². The van der Waals surface area contributed by atoms with Crippen molar-refractivity contribution in [1.82, 2.24) is 14.3 Å². The maximum absolute atomic E-state index is 14.2. The number of aryl methyl sites for hydroxylation is 2. The van der Waals surface area contributed by atoms with Crippen LogP contribution in [0.25, 0.3) is 0 Å². The molecule has 34 heavy (non-hydrogen) atoms. The second kappa shape index (κ2) is 9.94. The average Bonchev–Trinajstić information content (AvgIpc) is 2.81. The molecule has 0 amide bonds. The van der Waals surface area contributed by atoms with Gasteiger partial charge in [-0.2, -0.15) is 9.29 Å². The Bertz CT molecular complexity index is 1260. The zero-order valence-corrected chi connectivity index (χ0v) is 20.3. The van der Waals surface area contributed by atoms with Gasteiger partial charge in [-0.05, 0) is 51.1 Å². The van der Waals surface area contributed by atoms with Gasteiger partial charge in [0, 0.05) is 43.6 Å². The number of hydrogen-bond donors (Lipinski definition) is 1. The van der Waals surface area contributed by atoms with Crippen LogP contribution in [0.5, 0.6) is 5.75 Å². The van der Waals surface area contributed by atoms with E-state index >= 15 is 0 Å². The van der Waals surface area contributed by atoms with Crippen LogP contribution in [-0.2, 0) is 10.0 Å². The van der Waals surface area contributed by atoms with E-state index in [9.17, 15) is 12.8 Å². The smallest absolute Gasteiger partial charge is 0.243 e. The first-order valence-corrected chi connectivity index (χ1v) is 12.6. The van der Waals surface area contributed by atoms with Gasteiger partial charge in [-0.1, -0.05) is 17.7 Å². The number of rotatable bonds is 7. The van der Waals surface area contributed by atoms with E-state index in [-0.39, 0.29) is 23.7 Å². The van der Waals surface area contributed by atoms with Gasteiger partial charge in [0.2, 0.25) is 16.0 Å². The molecule has 2 aromatic carbocycles. The van der Waals surface area contributed by atoms with Crippen molar-refractivity contribution in [2.45, 2.75) is 25.7 Å². The van der Waals surface area contributed by atoms with Gasteiger partial charge in [0.25, 0.3) is 0 Å². The summed E-state index contributed by atoms with van der Waals surface area (Å²) in [4.78, 5) is 11.0. The number of nitrogens with zero attached hydrogens (tertiary/aromatic N) is 4. The predicted octanol–water partition coefficient (Wildman–Crippen LogP) is 3.89. The molecule has 0 spiro atoms. The molecule has 0 bridgehead atoms. The average molecular weight is 486 g/mol. The van der Waals surface area contributed by atoms with E-state index in [4.69, 9.17) is 4.74 Å². The summed E-state index contributed by atoms with van der Waals surface area (Å²) in [5.41, 5.74) is 2.90. The molecule has 1 N–H and O–H groups in total. The second-order valence-electron chi connectivity index (χ2n) is 8.10. The summed E-state index contributed by atoms with van der Waals surface area (Å²) >= 11 is 0. The number of nitrogens with one attached hydrogen (secondary N) is 1. The van der Waals surface area contributed by atoms with E-state index in [1.165, 1.54) is 22.0 Å². The van der Waals surface area contributed by atoms with Gasteiger partial charge in [-0.3, -0.25) is 0 Å². The second-order valence-corrected chi connectivity index (χ2v) is 10.0. The van der Waals surface area contributed by atoms with Crippen LogP contribution in [0.15, 0.2) is 53.4 Å². The highest BCUT2D eigenvalue weighted by Gasteiger charge is 2.30. The summed E-state index contributed by atoms with van der Waals surface area (Å²) in [6.45, 7) is 7.30. The highest BCUT2D eigenvalue weighted by Crippen LogP contribution is 2.25. The summed E-state index contributed by atoms with van der Waals surface area (Å²) in [6, 6.07) is 13.6. The van der Waals surface area contributed by atoms with Gasteiger partial charge in [0.05, 0.1) is 11.5 Å². The molecule has 8 nitrogen and oxygen atoms in total. The third-order valence-corrected chi connectivity index (χ3v) is 7.42. The minimum absolute atomic E-state index is 0.0397. The summed E-state index contributed by atoms with van der Waals surface area (Å²) < 4.78 is 46.8. The molecule has 2 heterocycles. The zero-order valence-electron chi connectivity index (χ0n) is 19.5. The molecule has 1 aromatic heterocycles. The van der Waals surface area contributed by atoms with Gasteiger partial charge in [0.15, 0.2) is 11.6 Å². The standard InChI is InChI=1S/C24H28FN5O3S/c1-4-33-22-10-9-20(16-21(22)25)34(31,32)30-13-11-29(12-14-30)24-26-18(3)15-23(28-24)27-19-7-5-17(2)6-8-19/h5-10,15-16H,4,11-14H2,1-3H3,(H,26,27,28). The number of benzene rings is 2. The summed E-state index contributed by atoms with van der Waals surface area (Å²) in [5.74, 6) is 0.561. The molecule has 180 valence electrons. The lowest BCUT2D eigenvalue weighted by atomic mass is 10.2. The SMILES string of the molecule is CCOc1ccc(S(=O)(=O)N2CCN(c3nc(C)cc(Nc4ccc(C)cc4)n3)CC2)cc1F. The Hall–Kier alpha value is -3.24. The van der Waals surface area contributed by atoms with Gasteiger partial charge >= 0.3 is 0 Å². The van der Waals surface area contributed by atoms with Crippen molar-refractivity contribution in [2.75, 3.05) is 43.0 Å². The van der Waals surface area contributed by atoms with Crippen LogP contribution in [0.1, 0.15) is 18.2 Å². The predicted molar refractivity (Wildman–Crippen MR) is 130 cm³/mol. The molecule has 1 saturated heterocycles. The molecule has 0 radical (unpaired) electrons. The summed E-state index contributed by atoms with van der Waals surface area (Å²) in [6.07, 6.45) is 0. The van der Waals surface area contributed by atoms with Crippen molar-refractivity contribution >= 4 is 27.5 Å². The molecule has 1 aliphatic rings. The topological polar surface area (TPSA) is 87.7 Å². The fourth-order valence-electron chi connectivity index (χ4n) is 3.74. The van der Waals surface area contributed by atoms with Gasteiger partial charge < -0.3 is 15.0 Å². The van der Waals surface area contributed by atoms with E-state index < -0.39 is 15.8 Å². The number of aromatic nitrogens is 2. The van der Waals surface area contributed by atoms with E-state index in [0.717, 1.165) is 17.4 Å². The van der Waals surface area contributed by atoms with Crippen LogP contribution in [-0.4, -0.2) is 55.5 Å². The molecule has 1 aliphatic heterocycles. The van der Waals surface area contributed by atoms with E-state index in [2.05, 4.69) is 15.3 Å². The molecule has 1 fully saturated rings. The quantitative estimate of drug-likeness (QED) is 0.543. The molecule has 0 saturated carbocycles. The van der Waals surface area contributed by atoms with Gasteiger partial charge in [-0.15, -0.1) is 0 Å². The number of sulfonamides is 1. The monoisotopic (exact) mass is 485 g/mol. The van der Waals surface area contributed by atoms with Crippen LogP contribution in [0, 0.1) is 19.7 Å². The molecule has 0 aliphatic carbocycles. The van der Waals surface area contributed by atoms with Crippen molar-refractivity contribution in [1.29, 1.82) is 0 Å². The van der Waals surface area contributed by atoms with Gasteiger partial charge in [-0.25, -0.2) is 17.8 Å². The first kappa shape index (κ1) is 23.9. The summed E-state index contributed by atoms with van der Waals surface area (Å²) in [5, 5.41) is 3.29. The lowest BCUT2D eigenvalue weighted by molar-refractivity contribution is 0.321. The molecular weight excluding hydrogens is 457 g/mol. The highest BCUT2D eigenvalue weighted by molar-refractivity contribution is 7.89. The van der Waals surface area contributed by atoms with Crippen LogP contribution >= 0.6 is 0 Å². The third-order valence-electron chi connectivity index (χ3n) is 5.53. The minimum Gasteiger partial charge on any atom is -0.491 e. The Balaban J connectivity index is 1.45. The molecule has 0 atom stereocenters. The first-order valence-electron chi connectivity index (χ1n) is 11.1. The molecule has 4 rings (SSSR count). The fraction of sp³-hybridized carbons (Fsp3) is 0.333. The Labute approximate surface area is 199 Å². The highest BCUT2D eigenvalue weighted by atomic mass is 32.2. The van der Waals surface area contributed by atoms with E-state index in [0.29, 0.717) is 31.5 Å². The largest absolute Gasteiger partial charge is 0.491 e. The van der Waals surface area contributed by atoms with Crippen molar-refractivity contribution in [3.63, 3.8) is 0 Å². The Morgan fingerprint density at radius 3 is 2.35 bits per heavy atom. The first-order chi connectivity index (χ1) is 16.3. The Kier molecular flexibility index (Phi) is 6.99. The molecule has 0 unspecified atom stereocenters. The molecular formula is C24H28FN5O3S. The van der Waals surface area contributed by atoms with E-state index in [1.54, 1.807) is 6.92 Å². The normalized spacial score (nSPS) is 14.8. The van der Waals surface area contributed by atoms with Crippen molar-refractivity contribution in [3.05, 3.63) is 65.6 Å². The number of hydrogen-bond acceptors (Lipinski definition) is 7. The van der Waals surface area contributed by atoms with Crippen LogP contribution in [0.4, 0.5) is 21.8 Å². The van der Waals surface area contributed by atoms with Crippen molar-refractivity contribution in [3.8, 4) is 5.75 Å². The lowest BCUT2D eigenvalue weighted by Gasteiger charge is -2.34. The van der Waals surface area contributed by atoms with Crippen LogP contribution in [0.3, 0.4) is 0 Å². The maximum atomic E-state index is 14.2. The number of ether oxygens (including phenoxy) is 1.